The molecular weight excluding hydrogens is 286 g/mol. The summed E-state index contributed by atoms with van der Waals surface area (Å²) in [6.07, 6.45) is 12.8. The molecule has 0 atom stereocenters. The number of fused-ring (bicyclic) bond motifs is 1. The van der Waals surface area contributed by atoms with Crippen molar-refractivity contribution in [2.45, 2.75) is 37.8 Å². The number of benzene rings is 1. The van der Waals surface area contributed by atoms with Gasteiger partial charge in [0.15, 0.2) is 0 Å². The molecule has 0 unspecified atom stereocenters. The van der Waals surface area contributed by atoms with Crippen molar-refractivity contribution in [1.29, 1.82) is 0 Å². The van der Waals surface area contributed by atoms with E-state index in [1.807, 2.05) is 25.7 Å². The molecule has 3 aromatic rings. The first-order valence-corrected chi connectivity index (χ1v) is 8.25. The van der Waals surface area contributed by atoms with Crippen molar-refractivity contribution < 1.29 is 4.74 Å². The first kappa shape index (κ1) is 14.4. The molecule has 0 aliphatic heterocycles. The lowest BCUT2D eigenvalue weighted by molar-refractivity contribution is 0.0586. The lowest BCUT2D eigenvalue weighted by Gasteiger charge is -2.29. The maximum atomic E-state index is 5.50. The molecule has 4 heteroatoms. The normalized spacial score (nSPS) is 21.6. The highest BCUT2D eigenvalue weighted by Crippen LogP contribution is 2.34. The fraction of sp³-hybridized carbons (Fsp3) is 0.368. The minimum Gasteiger partial charge on any atom is -0.381 e. The molecule has 118 valence electrons. The second kappa shape index (κ2) is 6.13. The molecule has 0 bridgehead atoms. The zero-order valence-corrected chi connectivity index (χ0v) is 13.4. The van der Waals surface area contributed by atoms with Gasteiger partial charge in [-0.05, 0) is 37.1 Å². The first-order valence-electron chi connectivity index (χ1n) is 8.25. The van der Waals surface area contributed by atoms with Gasteiger partial charge >= 0.3 is 0 Å². The predicted octanol–water partition coefficient (Wildman–Crippen LogP) is 4.23. The number of hydrogen-bond acceptors (Lipinski definition) is 3. The fourth-order valence-corrected chi connectivity index (χ4v) is 3.69. The molecule has 0 N–H and O–H groups in total. The molecular formula is C19H21N3O. The van der Waals surface area contributed by atoms with Crippen LogP contribution in [0.25, 0.3) is 22.2 Å². The number of nitrogens with zero attached hydrogens (tertiary/aromatic N) is 3. The van der Waals surface area contributed by atoms with E-state index < -0.39 is 0 Å². The number of pyridine rings is 1. The van der Waals surface area contributed by atoms with Crippen LogP contribution in [0.5, 0.6) is 0 Å². The van der Waals surface area contributed by atoms with Gasteiger partial charge in [-0.3, -0.25) is 4.98 Å². The van der Waals surface area contributed by atoms with Crippen molar-refractivity contribution in [3.8, 4) is 11.4 Å². The van der Waals surface area contributed by atoms with Crippen LogP contribution in [0, 0.1) is 0 Å². The van der Waals surface area contributed by atoms with Gasteiger partial charge in [-0.1, -0.05) is 18.2 Å². The minimum absolute atomic E-state index is 0.418. The van der Waals surface area contributed by atoms with Crippen LogP contribution >= 0.6 is 0 Å². The van der Waals surface area contributed by atoms with Crippen LogP contribution in [-0.2, 0) is 4.74 Å². The summed E-state index contributed by atoms with van der Waals surface area (Å²) in [4.78, 5) is 8.89. The largest absolute Gasteiger partial charge is 0.381 e. The molecule has 1 fully saturated rings. The van der Waals surface area contributed by atoms with Crippen LogP contribution in [0.4, 0.5) is 0 Å². The quantitative estimate of drug-likeness (QED) is 0.727. The Morgan fingerprint density at radius 1 is 1.09 bits per heavy atom. The topological polar surface area (TPSA) is 39.9 Å². The molecule has 2 aromatic heterocycles. The van der Waals surface area contributed by atoms with Crippen LogP contribution < -0.4 is 0 Å². The van der Waals surface area contributed by atoms with Crippen LogP contribution in [0.1, 0.15) is 31.7 Å². The molecule has 0 saturated heterocycles. The van der Waals surface area contributed by atoms with Crippen LogP contribution in [0.3, 0.4) is 0 Å². The highest BCUT2D eigenvalue weighted by molar-refractivity contribution is 5.94. The summed E-state index contributed by atoms with van der Waals surface area (Å²) in [5.41, 5.74) is 1.18. The van der Waals surface area contributed by atoms with E-state index in [0.29, 0.717) is 12.1 Å². The Hall–Kier alpha value is -2.20. The van der Waals surface area contributed by atoms with Crippen molar-refractivity contribution in [3.05, 3.63) is 49.1 Å². The van der Waals surface area contributed by atoms with Gasteiger partial charge in [0.1, 0.15) is 5.82 Å². The molecule has 0 spiro atoms. The minimum atomic E-state index is 0.418. The summed E-state index contributed by atoms with van der Waals surface area (Å²) in [5, 5.41) is 2.36. The lowest BCUT2D eigenvalue weighted by Crippen LogP contribution is -2.22. The smallest absolute Gasteiger partial charge is 0.140 e. The van der Waals surface area contributed by atoms with Gasteiger partial charge in [0.05, 0.1) is 6.10 Å². The summed E-state index contributed by atoms with van der Waals surface area (Å²) >= 11 is 0. The maximum Gasteiger partial charge on any atom is 0.140 e. The average molecular weight is 307 g/mol. The third-order valence-corrected chi connectivity index (χ3v) is 4.96. The van der Waals surface area contributed by atoms with Gasteiger partial charge in [-0.2, -0.15) is 0 Å². The second-order valence-electron chi connectivity index (χ2n) is 6.23. The highest BCUT2D eigenvalue weighted by Gasteiger charge is 2.24. The van der Waals surface area contributed by atoms with Crippen LogP contribution in [0.15, 0.2) is 49.1 Å². The van der Waals surface area contributed by atoms with E-state index in [4.69, 9.17) is 4.74 Å². The monoisotopic (exact) mass is 307 g/mol. The number of imidazole rings is 1. The first-order chi connectivity index (χ1) is 11.4. The Labute approximate surface area is 136 Å². The predicted molar refractivity (Wildman–Crippen MR) is 91.3 cm³/mol. The Morgan fingerprint density at radius 3 is 2.78 bits per heavy atom. The van der Waals surface area contributed by atoms with Gasteiger partial charge in [-0.15, -0.1) is 0 Å². The van der Waals surface area contributed by atoms with Gasteiger partial charge in [0, 0.05) is 48.9 Å². The summed E-state index contributed by atoms with van der Waals surface area (Å²) in [5.74, 6) is 1.06. The zero-order chi connectivity index (χ0) is 15.6. The summed E-state index contributed by atoms with van der Waals surface area (Å²) in [6.45, 7) is 0. The van der Waals surface area contributed by atoms with Crippen molar-refractivity contribution >= 4 is 10.8 Å². The number of ether oxygens (including phenoxy) is 1. The Morgan fingerprint density at radius 2 is 1.96 bits per heavy atom. The molecule has 2 heterocycles. The van der Waals surface area contributed by atoms with Crippen LogP contribution in [-0.4, -0.2) is 27.7 Å². The maximum absolute atomic E-state index is 5.50. The van der Waals surface area contributed by atoms with Crippen molar-refractivity contribution in [1.82, 2.24) is 14.5 Å². The molecule has 23 heavy (non-hydrogen) atoms. The van der Waals surface area contributed by atoms with E-state index in [-0.39, 0.29) is 0 Å². The SMILES string of the molecule is COC1CCC(n2ccnc2-c2cccc3cnccc23)CC1. The second-order valence-corrected chi connectivity index (χ2v) is 6.23. The molecule has 1 aromatic carbocycles. The van der Waals surface area contributed by atoms with E-state index in [0.717, 1.165) is 36.9 Å². The van der Waals surface area contributed by atoms with E-state index in [1.165, 1.54) is 10.9 Å². The molecule has 4 rings (SSSR count). The Bertz CT molecular complexity index is 798. The third kappa shape index (κ3) is 2.63. The van der Waals surface area contributed by atoms with Crippen molar-refractivity contribution in [2.24, 2.45) is 0 Å². The Balaban J connectivity index is 1.72. The lowest BCUT2D eigenvalue weighted by atomic mass is 9.92. The van der Waals surface area contributed by atoms with Crippen molar-refractivity contribution in [2.75, 3.05) is 7.11 Å². The standard InChI is InChI=1S/C19H21N3O/c1-23-16-7-5-15(6-8-16)22-12-11-21-19(22)18-4-2-3-14-13-20-10-9-17(14)18/h2-4,9-13,15-16H,5-8H2,1H3. The zero-order valence-electron chi connectivity index (χ0n) is 13.4. The summed E-state index contributed by atoms with van der Waals surface area (Å²) < 4.78 is 7.85. The van der Waals surface area contributed by atoms with Gasteiger partial charge < -0.3 is 9.30 Å². The molecule has 4 nitrogen and oxygen atoms in total. The average Bonchev–Trinajstić information content (AvgIpc) is 3.11. The Kier molecular flexibility index (Phi) is 3.83. The van der Waals surface area contributed by atoms with Gasteiger partial charge in [0.2, 0.25) is 0 Å². The molecule has 1 saturated carbocycles. The summed E-state index contributed by atoms with van der Waals surface area (Å²) in [6, 6.07) is 8.92. The number of aromatic nitrogens is 3. The number of methoxy groups -OCH3 is 1. The fourth-order valence-electron chi connectivity index (χ4n) is 3.69. The van der Waals surface area contributed by atoms with Gasteiger partial charge in [0.25, 0.3) is 0 Å². The van der Waals surface area contributed by atoms with E-state index in [1.54, 1.807) is 0 Å². The molecule has 0 radical (unpaired) electrons. The summed E-state index contributed by atoms with van der Waals surface area (Å²) in [7, 11) is 1.82. The van der Waals surface area contributed by atoms with Crippen LogP contribution in [0.2, 0.25) is 0 Å². The van der Waals surface area contributed by atoms with E-state index in [9.17, 15) is 0 Å². The molecule has 1 aliphatic carbocycles. The van der Waals surface area contributed by atoms with Gasteiger partial charge in [-0.25, -0.2) is 4.98 Å². The van der Waals surface area contributed by atoms with E-state index in [2.05, 4.69) is 45.0 Å². The number of hydrogen-bond donors (Lipinski definition) is 0. The van der Waals surface area contributed by atoms with E-state index >= 15 is 0 Å². The number of rotatable bonds is 3. The molecule has 0 amide bonds. The van der Waals surface area contributed by atoms with Crippen molar-refractivity contribution in [3.63, 3.8) is 0 Å². The third-order valence-electron chi connectivity index (χ3n) is 4.96. The molecule has 1 aliphatic rings. The highest BCUT2D eigenvalue weighted by atomic mass is 16.5.